The summed E-state index contributed by atoms with van der Waals surface area (Å²) in [5.41, 5.74) is 8.31. The number of rotatable bonds is 8. The molecule has 0 amide bonds. The fourth-order valence-electron chi connectivity index (χ4n) is 3.96. The zero-order chi connectivity index (χ0) is 24.5. The number of fused-ring (bicyclic) bond motifs is 1. The van der Waals surface area contributed by atoms with E-state index >= 15 is 0 Å². The summed E-state index contributed by atoms with van der Waals surface area (Å²) in [5, 5.41) is 0.711. The molecule has 0 fully saturated rings. The number of nitrogens with zero attached hydrogens (tertiary/aromatic N) is 3. The van der Waals surface area contributed by atoms with Crippen LogP contribution in [0, 0.1) is 11.6 Å². The van der Waals surface area contributed by atoms with E-state index in [0.29, 0.717) is 30.1 Å². The lowest BCUT2D eigenvalue weighted by Gasteiger charge is -2.22. The van der Waals surface area contributed by atoms with Crippen LogP contribution in [0.5, 0.6) is 11.5 Å². The maximum Gasteiger partial charge on any atom is 0.198 e. The first kappa shape index (κ1) is 24.4. The van der Waals surface area contributed by atoms with Gasteiger partial charge in [-0.05, 0) is 31.2 Å². The number of ether oxygens (including phenoxy) is 2. The van der Waals surface area contributed by atoms with Crippen LogP contribution in [-0.2, 0) is 11.5 Å². The maximum absolute atomic E-state index is 14.5. The molecule has 0 spiro atoms. The van der Waals surface area contributed by atoms with Crippen LogP contribution < -0.4 is 10.5 Å². The molecule has 3 heterocycles. The molecule has 2 aromatic heterocycles. The molecular formula is C25H32F2N4O2Si. The lowest BCUT2D eigenvalue weighted by atomic mass is 9.99. The predicted octanol–water partition coefficient (Wildman–Crippen LogP) is 5.72. The standard InChI is InChI=1S/C25H32F2N4O2Si/c1-30-9-6-17(7-10-30)19-15-31(16-32-11-12-34(2,3)4)25-23(19)22(5-8-29-25)33-24-20(26)13-18(28)14-21(24)27/h5-6,8,13-15H,7,9-12,16,28H2,1-4H3. The van der Waals surface area contributed by atoms with Gasteiger partial charge in [-0.1, -0.05) is 25.7 Å². The number of nitrogens with two attached hydrogens (primary N) is 1. The fraction of sp³-hybridized carbons (Fsp3) is 0.400. The number of likely N-dealkylation sites (N-methyl/N-ethyl adjacent to an activating group) is 1. The second-order valence-electron chi connectivity index (χ2n) is 10.0. The van der Waals surface area contributed by atoms with Crippen LogP contribution in [-0.4, -0.2) is 49.3 Å². The van der Waals surface area contributed by atoms with Crippen LogP contribution >= 0.6 is 0 Å². The second kappa shape index (κ2) is 9.85. The molecule has 4 rings (SSSR count). The van der Waals surface area contributed by atoms with Gasteiger partial charge in [0.15, 0.2) is 17.4 Å². The molecule has 1 aliphatic rings. The molecule has 0 radical (unpaired) electrons. The second-order valence-corrected chi connectivity index (χ2v) is 15.6. The zero-order valence-corrected chi connectivity index (χ0v) is 21.2. The molecule has 2 N–H and O–H groups in total. The zero-order valence-electron chi connectivity index (χ0n) is 20.2. The third-order valence-electron chi connectivity index (χ3n) is 5.94. The highest BCUT2D eigenvalue weighted by Crippen LogP contribution is 2.39. The summed E-state index contributed by atoms with van der Waals surface area (Å²) in [4.78, 5) is 6.80. The Morgan fingerprint density at radius 3 is 2.56 bits per heavy atom. The summed E-state index contributed by atoms with van der Waals surface area (Å²) in [6, 6.07) is 4.80. The van der Waals surface area contributed by atoms with E-state index < -0.39 is 25.5 Å². The molecule has 9 heteroatoms. The first-order chi connectivity index (χ1) is 16.1. The van der Waals surface area contributed by atoms with E-state index in [1.165, 1.54) is 0 Å². The third kappa shape index (κ3) is 5.48. The van der Waals surface area contributed by atoms with Crippen molar-refractivity contribution in [1.29, 1.82) is 0 Å². The summed E-state index contributed by atoms with van der Waals surface area (Å²) in [6.45, 7) is 9.70. The normalized spacial score (nSPS) is 15.1. The van der Waals surface area contributed by atoms with Crippen molar-refractivity contribution in [2.45, 2.75) is 38.8 Å². The third-order valence-corrected chi connectivity index (χ3v) is 7.64. The predicted molar refractivity (Wildman–Crippen MR) is 135 cm³/mol. The minimum atomic E-state index is -1.21. The highest BCUT2D eigenvalue weighted by Gasteiger charge is 2.22. The number of halogens is 2. The average Bonchev–Trinajstić information content (AvgIpc) is 3.13. The Morgan fingerprint density at radius 2 is 1.91 bits per heavy atom. The number of nitrogen functional groups attached to an aromatic ring is 1. The van der Waals surface area contributed by atoms with Gasteiger partial charge in [0.1, 0.15) is 18.1 Å². The number of aromatic nitrogens is 2. The van der Waals surface area contributed by atoms with E-state index in [9.17, 15) is 8.78 Å². The van der Waals surface area contributed by atoms with E-state index in [1.807, 2.05) is 10.8 Å². The quantitative estimate of drug-likeness (QED) is 0.251. The summed E-state index contributed by atoms with van der Waals surface area (Å²) in [7, 11) is 0.867. The Bertz CT molecular complexity index is 1200. The van der Waals surface area contributed by atoms with E-state index in [4.69, 9.17) is 15.2 Å². The van der Waals surface area contributed by atoms with Crippen LogP contribution in [0.15, 0.2) is 36.7 Å². The summed E-state index contributed by atoms with van der Waals surface area (Å²) in [5.74, 6) is -1.85. The average molecular weight is 487 g/mol. The Kier molecular flexibility index (Phi) is 7.06. The first-order valence-corrected chi connectivity index (χ1v) is 15.2. The molecule has 0 saturated heterocycles. The van der Waals surface area contributed by atoms with Crippen LogP contribution in [0.1, 0.15) is 12.0 Å². The van der Waals surface area contributed by atoms with Crippen molar-refractivity contribution in [3.05, 3.63) is 53.9 Å². The van der Waals surface area contributed by atoms with Crippen LogP contribution in [0.4, 0.5) is 14.5 Å². The lowest BCUT2D eigenvalue weighted by Crippen LogP contribution is -2.23. The Balaban J connectivity index is 1.74. The van der Waals surface area contributed by atoms with Gasteiger partial charge < -0.3 is 24.7 Å². The smallest absolute Gasteiger partial charge is 0.198 e. The largest absolute Gasteiger partial charge is 0.450 e. The first-order valence-electron chi connectivity index (χ1n) is 11.5. The minimum Gasteiger partial charge on any atom is -0.450 e. The molecule has 0 bridgehead atoms. The van der Waals surface area contributed by atoms with Gasteiger partial charge in [0, 0.05) is 63.5 Å². The van der Waals surface area contributed by atoms with Gasteiger partial charge in [-0.2, -0.15) is 0 Å². The Morgan fingerprint density at radius 1 is 1.18 bits per heavy atom. The van der Waals surface area contributed by atoms with Gasteiger partial charge in [0.05, 0.1) is 5.39 Å². The van der Waals surface area contributed by atoms with Gasteiger partial charge in [0.2, 0.25) is 0 Å². The molecule has 0 saturated carbocycles. The number of anilines is 1. The molecule has 6 nitrogen and oxygen atoms in total. The number of hydrogen-bond donors (Lipinski definition) is 1. The molecule has 3 aromatic rings. The van der Waals surface area contributed by atoms with Crippen LogP contribution in [0.2, 0.25) is 25.7 Å². The van der Waals surface area contributed by atoms with Crippen LogP contribution in [0.3, 0.4) is 0 Å². The lowest BCUT2D eigenvalue weighted by molar-refractivity contribution is 0.0898. The van der Waals surface area contributed by atoms with Crippen molar-refractivity contribution < 1.29 is 18.3 Å². The molecule has 0 unspecified atom stereocenters. The van der Waals surface area contributed by atoms with Gasteiger partial charge >= 0.3 is 0 Å². The van der Waals surface area contributed by atoms with Crippen LogP contribution in [0.25, 0.3) is 16.6 Å². The summed E-state index contributed by atoms with van der Waals surface area (Å²) in [6.07, 6.45) is 6.61. The Labute approximate surface area is 200 Å². The van der Waals surface area contributed by atoms with E-state index in [-0.39, 0.29) is 5.69 Å². The molecule has 34 heavy (non-hydrogen) atoms. The molecule has 182 valence electrons. The molecule has 0 atom stereocenters. The number of hydrogen-bond acceptors (Lipinski definition) is 5. The van der Waals surface area contributed by atoms with E-state index in [0.717, 1.165) is 48.8 Å². The molecule has 0 aliphatic carbocycles. The van der Waals surface area contributed by atoms with Gasteiger partial charge in [0.25, 0.3) is 0 Å². The van der Waals surface area contributed by atoms with E-state index in [1.54, 1.807) is 12.3 Å². The van der Waals surface area contributed by atoms with Gasteiger partial charge in [-0.3, -0.25) is 0 Å². The van der Waals surface area contributed by atoms with E-state index in [2.05, 4.69) is 42.6 Å². The number of benzene rings is 1. The molecule has 1 aliphatic heterocycles. The van der Waals surface area contributed by atoms with Crippen molar-refractivity contribution in [3.8, 4) is 11.5 Å². The van der Waals surface area contributed by atoms with Crippen molar-refractivity contribution in [3.63, 3.8) is 0 Å². The van der Waals surface area contributed by atoms with Crippen molar-refractivity contribution in [2.75, 3.05) is 32.5 Å². The molecule has 1 aromatic carbocycles. The topological polar surface area (TPSA) is 65.5 Å². The monoisotopic (exact) mass is 486 g/mol. The van der Waals surface area contributed by atoms with Gasteiger partial charge in [-0.15, -0.1) is 0 Å². The van der Waals surface area contributed by atoms with Gasteiger partial charge in [-0.25, -0.2) is 13.8 Å². The Hall–Kier alpha value is -2.75. The maximum atomic E-state index is 14.5. The van der Waals surface area contributed by atoms with Crippen molar-refractivity contribution in [1.82, 2.24) is 14.5 Å². The fourth-order valence-corrected chi connectivity index (χ4v) is 4.71. The highest BCUT2D eigenvalue weighted by molar-refractivity contribution is 6.76. The van der Waals surface area contributed by atoms with Crippen molar-refractivity contribution >= 4 is 30.4 Å². The SMILES string of the molecule is CN1CC=C(c2cn(COCC[Si](C)(C)C)c3nccc(Oc4c(F)cc(N)cc4F)c23)CC1. The molecular weight excluding hydrogens is 454 g/mol. The van der Waals surface area contributed by atoms with Crippen molar-refractivity contribution in [2.24, 2.45) is 0 Å². The summed E-state index contributed by atoms with van der Waals surface area (Å²) < 4.78 is 42.7. The summed E-state index contributed by atoms with van der Waals surface area (Å²) >= 11 is 0. The number of pyridine rings is 1. The highest BCUT2D eigenvalue weighted by atomic mass is 28.3. The minimum absolute atomic E-state index is 0.000940.